The van der Waals surface area contributed by atoms with E-state index >= 15 is 0 Å². The molecule has 76 heavy (non-hydrogen) atoms. The maximum atomic E-state index is 14.6. The summed E-state index contributed by atoms with van der Waals surface area (Å²) in [7, 11) is 0. The smallest absolute Gasteiger partial charge is 0.349 e. The van der Waals surface area contributed by atoms with Crippen LogP contribution < -0.4 is 0 Å². The standard InChI is InChI=1S/C64H46N4O8/c1-45(46-23-9-2-10-24-46)53(37-65)60(69)73-41-64(42-74-61(70)54(38-66)57(47-25-11-3-12-26-47)48-27-13-4-14-28-48,43-75-62(71)55(39-67)58(49-29-15-5-16-30-49)50-31-17-6-18-32-50)44-76-63(72)56(40-68)59(51-33-19-7-20-34-51)52-35-21-8-22-36-52/h2-36H,41-44H2,1H3/b53-45+. The Morgan fingerprint density at radius 2 is 0.500 bits per heavy atom. The molecule has 0 radical (unpaired) electrons. The van der Waals surface area contributed by atoms with Crippen LogP contribution in [0, 0.1) is 50.7 Å². The SMILES string of the molecule is C/C(=C(/C#N)C(=O)OCC(COC(=O)C(C#N)=C(c1ccccc1)c1ccccc1)(COC(=O)C(C#N)=C(c1ccccc1)c1ccccc1)COC(=O)C(C#N)=C(c1ccccc1)c1ccccc1)c1ccccc1. The Balaban J connectivity index is 1.37. The topological polar surface area (TPSA) is 200 Å². The Bertz CT molecular complexity index is 3090. The predicted molar refractivity (Wildman–Crippen MR) is 284 cm³/mol. The predicted octanol–water partition coefficient (Wildman–Crippen LogP) is 11.2. The molecule has 0 amide bonds. The lowest BCUT2D eigenvalue weighted by Gasteiger charge is -2.31. The summed E-state index contributed by atoms with van der Waals surface area (Å²) in [5.74, 6) is -4.60. The van der Waals surface area contributed by atoms with Gasteiger partial charge in [-0.2, -0.15) is 21.0 Å². The van der Waals surface area contributed by atoms with Crippen molar-refractivity contribution in [3.63, 3.8) is 0 Å². The highest BCUT2D eigenvalue weighted by molar-refractivity contribution is 6.07. The summed E-state index contributed by atoms with van der Waals surface area (Å²) in [6.45, 7) is -1.95. The van der Waals surface area contributed by atoms with Crippen LogP contribution in [-0.2, 0) is 38.1 Å². The zero-order valence-corrected chi connectivity index (χ0v) is 41.1. The first kappa shape index (κ1) is 53.1. The number of ether oxygens (including phenoxy) is 4. The van der Waals surface area contributed by atoms with Crippen LogP contribution in [0.15, 0.2) is 235 Å². The molecule has 0 aliphatic rings. The second-order valence-electron chi connectivity index (χ2n) is 17.1. The molecule has 0 aliphatic heterocycles. The third-order valence-corrected chi connectivity index (χ3v) is 12.0. The minimum absolute atomic E-state index is 0.222. The fourth-order valence-electron chi connectivity index (χ4n) is 8.13. The number of esters is 4. The maximum Gasteiger partial charge on any atom is 0.349 e. The molecule has 0 aromatic heterocycles. The van der Waals surface area contributed by atoms with Crippen LogP contribution in [0.2, 0.25) is 0 Å². The molecule has 7 aromatic carbocycles. The van der Waals surface area contributed by atoms with Gasteiger partial charge >= 0.3 is 23.9 Å². The van der Waals surface area contributed by atoms with Gasteiger partial charge in [0.25, 0.3) is 0 Å². The molecule has 0 bridgehead atoms. The average molecular weight is 999 g/mol. The monoisotopic (exact) mass is 998 g/mol. The largest absolute Gasteiger partial charge is 0.461 e. The molecule has 0 aliphatic carbocycles. The molecule has 0 atom stereocenters. The first-order valence-electron chi connectivity index (χ1n) is 23.7. The number of rotatable bonds is 19. The van der Waals surface area contributed by atoms with Gasteiger partial charge in [0, 0.05) is 16.7 Å². The molecular weight excluding hydrogens is 953 g/mol. The summed E-state index contributed by atoms with van der Waals surface area (Å²) in [4.78, 5) is 57.8. The van der Waals surface area contributed by atoms with E-state index in [0.717, 1.165) is 0 Å². The molecule has 7 rings (SSSR count). The second kappa shape index (κ2) is 26.2. The van der Waals surface area contributed by atoms with Crippen LogP contribution in [0.3, 0.4) is 0 Å². The quantitative estimate of drug-likeness (QED) is 0.0322. The Hall–Kier alpha value is -10.7. The third-order valence-electron chi connectivity index (χ3n) is 12.0. The van der Waals surface area contributed by atoms with Crippen molar-refractivity contribution in [2.45, 2.75) is 6.92 Å². The van der Waals surface area contributed by atoms with Gasteiger partial charge in [0.05, 0.1) is 0 Å². The van der Waals surface area contributed by atoms with E-state index in [0.29, 0.717) is 38.9 Å². The van der Waals surface area contributed by atoms with E-state index in [1.54, 1.807) is 219 Å². The Morgan fingerprint density at radius 1 is 0.316 bits per heavy atom. The number of hydrogen-bond donors (Lipinski definition) is 0. The molecule has 370 valence electrons. The van der Waals surface area contributed by atoms with Gasteiger partial charge in [-0.15, -0.1) is 0 Å². The van der Waals surface area contributed by atoms with E-state index < -0.39 is 78.0 Å². The van der Waals surface area contributed by atoms with Crippen LogP contribution >= 0.6 is 0 Å². The van der Waals surface area contributed by atoms with Gasteiger partial charge < -0.3 is 18.9 Å². The minimum atomic E-state index is -2.08. The van der Waals surface area contributed by atoms with Crippen molar-refractivity contribution in [3.8, 4) is 24.3 Å². The van der Waals surface area contributed by atoms with Crippen molar-refractivity contribution in [2.24, 2.45) is 5.41 Å². The van der Waals surface area contributed by atoms with E-state index in [2.05, 4.69) is 0 Å². The summed E-state index contributed by atoms with van der Waals surface area (Å²) in [6.07, 6.45) is 0. The van der Waals surface area contributed by atoms with Crippen LogP contribution in [0.4, 0.5) is 0 Å². The molecular formula is C64H46N4O8. The van der Waals surface area contributed by atoms with Crippen LogP contribution in [0.5, 0.6) is 0 Å². The lowest BCUT2D eigenvalue weighted by Crippen LogP contribution is -2.44. The zero-order valence-electron chi connectivity index (χ0n) is 41.1. The van der Waals surface area contributed by atoms with E-state index in [4.69, 9.17) is 18.9 Å². The first-order valence-corrected chi connectivity index (χ1v) is 23.7. The highest BCUT2D eigenvalue weighted by atomic mass is 16.6. The van der Waals surface area contributed by atoms with Gasteiger partial charge in [0.2, 0.25) is 0 Å². The number of allylic oxidation sites excluding steroid dienone is 1. The number of nitriles is 4. The number of carbonyl (C=O) groups is 4. The van der Waals surface area contributed by atoms with Gasteiger partial charge in [0.15, 0.2) is 0 Å². The van der Waals surface area contributed by atoms with Crippen molar-refractivity contribution in [3.05, 3.63) is 274 Å². The molecule has 12 heteroatoms. The van der Waals surface area contributed by atoms with Gasteiger partial charge in [-0.3, -0.25) is 0 Å². The summed E-state index contributed by atoms with van der Waals surface area (Å²) in [5.41, 5.74) is 0.703. The summed E-state index contributed by atoms with van der Waals surface area (Å²) >= 11 is 0. The van der Waals surface area contributed by atoms with Gasteiger partial charge in [-0.1, -0.05) is 212 Å². The highest BCUT2D eigenvalue weighted by Crippen LogP contribution is 2.33. The number of nitrogens with zero attached hydrogens (tertiary/aromatic N) is 4. The molecule has 0 N–H and O–H groups in total. The highest BCUT2D eigenvalue weighted by Gasteiger charge is 2.40. The van der Waals surface area contributed by atoms with Crippen LogP contribution in [0.1, 0.15) is 45.9 Å². The Morgan fingerprint density at radius 3 is 0.697 bits per heavy atom. The fourth-order valence-corrected chi connectivity index (χ4v) is 8.13. The number of carbonyl (C=O) groups excluding carboxylic acids is 4. The lowest BCUT2D eigenvalue weighted by atomic mass is 9.90. The van der Waals surface area contributed by atoms with Crippen molar-refractivity contribution in [2.75, 3.05) is 26.4 Å². The number of hydrogen-bond acceptors (Lipinski definition) is 12. The van der Waals surface area contributed by atoms with Gasteiger partial charge in [0.1, 0.15) is 78.4 Å². The van der Waals surface area contributed by atoms with Gasteiger partial charge in [-0.05, 0) is 51.4 Å². The average Bonchev–Trinajstić information content (AvgIpc) is 3.48. The maximum absolute atomic E-state index is 14.6. The van der Waals surface area contributed by atoms with E-state index in [1.807, 2.05) is 24.3 Å². The molecule has 0 fully saturated rings. The first-order chi connectivity index (χ1) is 37.1. The molecule has 12 nitrogen and oxygen atoms in total. The molecule has 7 aromatic rings. The van der Waals surface area contributed by atoms with Crippen molar-refractivity contribution < 1.29 is 38.1 Å². The second-order valence-corrected chi connectivity index (χ2v) is 17.1. The molecule has 0 spiro atoms. The number of benzene rings is 7. The van der Waals surface area contributed by atoms with E-state index in [9.17, 15) is 40.2 Å². The van der Waals surface area contributed by atoms with Crippen LogP contribution in [0.25, 0.3) is 22.3 Å². The van der Waals surface area contributed by atoms with Crippen molar-refractivity contribution in [1.82, 2.24) is 0 Å². The molecule has 0 saturated carbocycles. The lowest BCUT2D eigenvalue weighted by molar-refractivity contribution is -0.165. The molecule has 0 saturated heterocycles. The molecule has 0 unspecified atom stereocenters. The summed E-state index contributed by atoms with van der Waals surface area (Å²) in [6, 6.07) is 68.5. The third kappa shape index (κ3) is 13.1. The Kier molecular flexibility index (Phi) is 18.3. The van der Waals surface area contributed by atoms with Crippen LogP contribution in [-0.4, -0.2) is 50.3 Å². The minimum Gasteiger partial charge on any atom is -0.461 e. The zero-order chi connectivity index (χ0) is 53.7. The fraction of sp³-hybridized carbons (Fsp3) is 0.0938. The van der Waals surface area contributed by atoms with E-state index in [-0.39, 0.29) is 22.3 Å². The van der Waals surface area contributed by atoms with Crippen molar-refractivity contribution >= 4 is 46.2 Å². The summed E-state index contributed by atoms with van der Waals surface area (Å²) < 4.78 is 23.9. The Labute approximate surface area is 440 Å². The normalized spacial score (nSPS) is 10.8. The van der Waals surface area contributed by atoms with Gasteiger partial charge in [-0.25, -0.2) is 19.2 Å². The van der Waals surface area contributed by atoms with E-state index in [1.165, 1.54) is 0 Å². The molecule has 0 heterocycles. The summed E-state index contributed by atoms with van der Waals surface area (Å²) in [5, 5.41) is 42.5. The van der Waals surface area contributed by atoms with Crippen molar-refractivity contribution in [1.29, 1.82) is 21.0 Å².